The minimum absolute atomic E-state index is 0.225. The highest BCUT2D eigenvalue weighted by molar-refractivity contribution is 5.82. The highest BCUT2D eigenvalue weighted by Gasteiger charge is 2.57. The smallest absolute Gasteiger partial charge is 0.223 e. The molecule has 19 heavy (non-hydrogen) atoms. The van der Waals surface area contributed by atoms with Crippen molar-refractivity contribution in [1.29, 1.82) is 0 Å². The lowest BCUT2D eigenvalue weighted by Crippen LogP contribution is -2.33. The Morgan fingerprint density at radius 1 is 1.47 bits per heavy atom. The molecule has 1 unspecified atom stereocenters. The van der Waals surface area contributed by atoms with E-state index in [2.05, 4.69) is 15.6 Å². The molecule has 1 aliphatic heterocycles. The summed E-state index contributed by atoms with van der Waals surface area (Å²) in [5.41, 5.74) is 2.39. The average molecular weight is 259 g/mol. The first-order chi connectivity index (χ1) is 9.20. The van der Waals surface area contributed by atoms with Crippen LogP contribution in [0.15, 0.2) is 18.3 Å². The maximum atomic E-state index is 12.2. The molecule has 1 aromatic rings. The van der Waals surface area contributed by atoms with Crippen molar-refractivity contribution in [2.24, 2.45) is 11.3 Å². The van der Waals surface area contributed by atoms with Gasteiger partial charge >= 0.3 is 0 Å². The van der Waals surface area contributed by atoms with E-state index in [0.29, 0.717) is 12.0 Å². The topological polar surface area (TPSA) is 54.0 Å². The first kappa shape index (κ1) is 12.6. The van der Waals surface area contributed by atoms with Crippen LogP contribution in [0.1, 0.15) is 30.5 Å². The molecular formula is C15H21N3O. The first-order valence-corrected chi connectivity index (χ1v) is 7.10. The van der Waals surface area contributed by atoms with Gasteiger partial charge in [0.15, 0.2) is 0 Å². The number of carbonyl (C=O) groups is 1. The third kappa shape index (κ3) is 2.63. The summed E-state index contributed by atoms with van der Waals surface area (Å²) < 4.78 is 0. The number of hydrogen-bond acceptors (Lipinski definition) is 3. The van der Waals surface area contributed by atoms with E-state index < -0.39 is 0 Å². The van der Waals surface area contributed by atoms with Crippen molar-refractivity contribution in [2.75, 3.05) is 13.1 Å². The van der Waals surface area contributed by atoms with Gasteiger partial charge in [-0.2, -0.15) is 0 Å². The van der Waals surface area contributed by atoms with Gasteiger partial charge in [0, 0.05) is 24.4 Å². The van der Waals surface area contributed by atoms with Crippen LogP contribution in [0.5, 0.6) is 0 Å². The molecule has 4 nitrogen and oxygen atoms in total. The minimum Gasteiger partial charge on any atom is -0.352 e. The van der Waals surface area contributed by atoms with Gasteiger partial charge < -0.3 is 10.6 Å². The number of aryl methyl sites for hydroxylation is 1. The van der Waals surface area contributed by atoms with Crippen molar-refractivity contribution in [3.8, 4) is 0 Å². The Morgan fingerprint density at radius 2 is 2.26 bits per heavy atom. The predicted octanol–water partition coefficient (Wildman–Crippen LogP) is 1.40. The van der Waals surface area contributed by atoms with E-state index in [-0.39, 0.29) is 11.8 Å². The number of carbonyl (C=O) groups excluding carboxylic acids is 1. The molecule has 102 valence electrons. The van der Waals surface area contributed by atoms with Gasteiger partial charge in [-0.1, -0.05) is 6.07 Å². The summed E-state index contributed by atoms with van der Waals surface area (Å²) in [6, 6.07) is 4.00. The molecule has 4 heteroatoms. The fraction of sp³-hybridized carbons (Fsp3) is 0.600. The normalized spacial score (nSPS) is 24.2. The third-order valence-corrected chi connectivity index (χ3v) is 4.54. The molecule has 0 aromatic carbocycles. The number of piperidine rings is 1. The molecule has 1 aliphatic carbocycles. The summed E-state index contributed by atoms with van der Waals surface area (Å²) in [4.78, 5) is 16.4. The van der Waals surface area contributed by atoms with Crippen molar-refractivity contribution in [3.63, 3.8) is 0 Å². The molecule has 0 bridgehead atoms. The van der Waals surface area contributed by atoms with Crippen LogP contribution < -0.4 is 10.6 Å². The van der Waals surface area contributed by atoms with E-state index in [4.69, 9.17) is 0 Å². The van der Waals surface area contributed by atoms with Gasteiger partial charge in [-0.25, -0.2) is 0 Å². The highest BCUT2D eigenvalue weighted by atomic mass is 16.2. The minimum atomic E-state index is 0.225. The van der Waals surface area contributed by atoms with Gasteiger partial charge in [0.1, 0.15) is 0 Å². The maximum absolute atomic E-state index is 12.2. The van der Waals surface area contributed by atoms with Crippen molar-refractivity contribution in [2.45, 2.75) is 32.7 Å². The number of pyridine rings is 1. The summed E-state index contributed by atoms with van der Waals surface area (Å²) in [5, 5.41) is 6.42. The van der Waals surface area contributed by atoms with Crippen molar-refractivity contribution < 1.29 is 4.79 Å². The molecule has 1 spiro atoms. The van der Waals surface area contributed by atoms with Crippen LogP contribution in [-0.4, -0.2) is 24.0 Å². The van der Waals surface area contributed by atoms with E-state index in [9.17, 15) is 4.79 Å². The number of nitrogens with one attached hydrogen (secondary N) is 2. The molecular weight excluding hydrogens is 238 g/mol. The lowest BCUT2D eigenvalue weighted by atomic mass is 9.92. The zero-order valence-electron chi connectivity index (χ0n) is 11.4. The van der Waals surface area contributed by atoms with Gasteiger partial charge in [0.05, 0.1) is 0 Å². The van der Waals surface area contributed by atoms with Crippen LogP contribution in [0.4, 0.5) is 0 Å². The van der Waals surface area contributed by atoms with Gasteiger partial charge in [-0.05, 0) is 56.3 Å². The van der Waals surface area contributed by atoms with Crippen LogP contribution in [0.2, 0.25) is 0 Å². The standard InChI is InChI=1S/C15H21N3O/c1-11-2-3-12(9-17-11)10-18-14(19)13-8-15(13)4-6-16-7-5-15/h2-3,9,13,16H,4-8,10H2,1H3,(H,18,19). The summed E-state index contributed by atoms with van der Waals surface area (Å²) in [6.07, 6.45) is 5.21. The Bertz CT molecular complexity index is 463. The monoisotopic (exact) mass is 259 g/mol. The average Bonchev–Trinajstić information content (AvgIpc) is 3.12. The second kappa shape index (κ2) is 4.93. The van der Waals surface area contributed by atoms with Gasteiger partial charge in [-0.3, -0.25) is 9.78 Å². The third-order valence-electron chi connectivity index (χ3n) is 4.54. The van der Waals surface area contributed by atoms with E-state index in [0.717, 1.165) is 43.6 Å². The Labute approximate surface area is 114 Å². The van der Waals surface area contributed by atoms with E-state index >= 15 is 0 Å². The second-order valence-corrected chi connectivity index (χ2v) is 5.89. The van der Waals surface area contributed by atoms with Crippen LogP contribution >= 0.6 is 0 Å². The molecule has 2 aliphatic rings. The molecule has 0 radical (unpaired) electrons. The van der Waals surface area contributed by atoms with Crippen LogP contribution in [-0.2, 0) is 11.3 Å². The Balaban J connectivity index is 1.51. The Morgan fingerprint density at radius 3 is 2.95 bits per heavy atom. The molecule has 1 saturated heterocycles. The molecule has 1 aromatic heterocycles. The van der Waals surface area contributed by atoms with Crippen molar-refractivity contribution in [1.82, 2.24) is 15.6 Å². The van der Waals surface area contributed by atoms with Gasteiger partial charge in [0.25, 0.3) is 0 Å². The fourth-order valence-corrected chi connectivity index (χ4v) is 3.11. The lowest BCUT2D eigenvalue weighted by Gasteiger charge is -2.23. The fourth-order valence-electron chi connectivity index (χ4n) is 3.11. The summed E-state index contributed by atoms with van der Waals surface area (Å²) in [7, 11) is 0. The molecule has 2 heterocycles. The predicted molar refractivity (Wildman–Crippen MR) is 73.5 cm³/mol. The quantitative estimate of drug-likeness (QED) is 0.862. The van der Waals surface area contributed by atoms with E-state index in [1.807, 2.05) is 25.3 Å². The highest BCUT2D eigenvalue weighted by Crippen LogP contribution is 2.58. The number of aromatic nitrogens is 1. The Kier molecular flexibility index (Phi) is 3.27. The molecule has 1 atom stereocenters. The molecule has 1 saturated carbocycles. The molecule has 1 amide bonds. The first-order valence-electron chi connectivity index (χ1n) is 7.10. The Hall–Kier alpha value is -1.42. The maximum Gasteiger partial charge on any atom is 0.223 e. The van der Waals surface area contributed by atoms with Crippen LogP contribution in [0, 0.1) is 18.3 Å². The largest absolute Gasteiger partial charge is 0.352 e. The number of hydrogen-bond donors (Lipinski definition) is 2. The van der Waals surface area contributed by atoms with E-state index in [1.54, 1.807) is 0 Å². The van der Waals surface area contributed by atoms with E-state index in [1.165, 1.54) is 0 Å². The summed E-state index contributed by atoms with van der Waals surface area (Å²) in [5.74, 6) is 0.468. The summed E-state index contributed by atoms with van der Waals surface area (Å²) in [6.45, 7) is 4.68. The lowest BCUT2D eigenvalue weighted by molar-refractivity contribution is -0.123. The zero-order valence-corrected chi connectivity index (χ0v) is 11.4. The van der Waals surface area contributed by atoms with Crippen molar-refractivity contribution >= 4 is 5.91 Å². The van der Waals surface area contributed by atoms with Crippen LogP contribution in [0.3, 0.4) is 0 Å². The summed E-state index contributed by atoms with van der Waals surface area (Å²) >= 11 is 0. The zero-order chi connectivity index (χ0) is 13.3. The molecule has 2 fully saturated rings. The second-order valence-electron chi connectivity index (χ2n) is 5.89. The number of amides is 1. The van der Waals surface area contributed by atoms with Gasteiger partial charge in [-0.15, -0.1) is 0 Å². The molecule has 2 N–H and O–H groups in total. The van der Waals surface area contributed by atoms with Crippen LogP contribution in [0.25, 0.3) is 0 Å². The SMILES string of the molecule is Cc1ccc(CNC(=O)C2CC23CCNCC3)cn1. The van der Waals surface area contributed by atoms with Gasteiger partial charge in [0.2, 0.25) is 5.91 Å². The molecule has 3 rings (SSSR count). The number of nitrogens with zero attached hydrogens (tertiary/aromatic N) is 1. The number of rotatable bonds is 3. The van der Waals surface area contributed by atoms with Crippen molar-refractivity contribution in [3.05, 3.63) is 29.6 Å².